The molecular weight excluding hydrogens is 234 g/mol. The first-order valence-corrected chi connectivity index (χ1v) is 6.72. The summed E-state index contributed by atoms with van der Waals surface area (Å²) in [4.78, 5) is 22.6. The summed E-state index contributed by atoms with van der Waals surface area (Å²) in [6.07, 6.45) is 3.73. The predicted molar refractivity (Wildman–Crippen MR) is 66.8 cm³/mol. The van der Waals surface area contributed by atoms with Crippen LogP contribution in [0.5, 0.6) is 0 Å². The number of hydrogen-bond donors (Lipinski definition) is 2. The van der Waals surface area contributed by atoms with E-state index in [1.807, 2.05) is 0 Å². The van der Waals surface area contributed by atoms with Gasteiger partial charge in [-0.25, -0.2) is 0 Å². The SMILES string of the molecule is CCOC(=O)CCC(=O)NCC1CCC(O)CC1. The van der Waals surface area contributed by atoms with Gasteiger partial charge in [0.05, 0.1) is 19.1 Å². The largest absolute Gasteiger partial charge is 0.466 e. The summed E-state index contributed by atoms with van der Waals surface area (Å²) in [7, 11) is 0. The summed E-state index contributed by atoms with van der Waals surface area (Å²) in [6, 6.07) is 0. The van der Waals surface area contributed by atoms with Gasteiger partial charge in [0, 0.05) is 13.0 Å². The van der Waals surface area contributed by atoms with E-state index in [0.29, 0.717) is 19.1 Å². The topological polar surface area (TPSA) is 75.6 Å². The number of hydrogen-bond acceptors (Lipinski definition) is 4. The molecule has 1 saturated carbocycles. The molecule has 0 aromatic rings. The minimum absolute atomic E-state index is 0.103. The van der Waals surface area contributed by atoms with Crippen molar-refractivity contribution < 1.29 is 19.4 Å². The lowest BCUT2D eigenvalue weighted by Crippen LogP contribution is -2.32. The fraction of sp³-hybridized carbons (Fsp3) is 0.846. The van der Waals surface area contributed by atoms with Gasteiger partial charge in [0.2, 0.25) is 5.91 Å². The summed E-state index contributed by atoms with van der Waals surface area (Å²) in [6.45, 7) is 2.74. The Labute approximate surface area is 108 Å². The van der Waals surface area contributed by atoms with E-state index in [-0.39, 0.29) is 30.8 Å². The molecule has 1 aliphatic rings. The molecule has 5 heteroatoms. The second kappa shape index (κ2) is 8.08. The van der Waals surface area contributed by atoms with Gasteiger partial charge >= 0.3 is 5.97 Å². The molecule has 0 bridgehead atoms. The average Bonchev–Trinajstić information content (AvgIpc) is 2.36. The fourth-order valence-corrected chi connectivity index (χ4v) is 2.14. The van der Waals surface area contributed by atoms with Crippen molar-refractivity contribution in [1.29, 1.82) is 0 Å². The van der Waals surface area contributed by atoms with Crippen LogP contribution in [0.4, 0.5) is 0 Å². The lowest BCUT2D eigenvalue weighted by Gasteiger charge is -2.25. The van der Waals surface area contributed by atoms with Crippen LogP contribution in [0.1, 0.15) is 45.4 Å². The number of rotatable bonds is 6. The third-order valence-electron chi connectivity index (χ3n) is 3.27. The van der Waals surface area contributed by atoms with E-state index < -0.39 is 0 Å². The van der Waals surface area contributed by atoms with E-state index in [2.05, 4.69) is 5.32 Å². The van der Waals surface area contributed by atoms with Gasteiger partial charge in [-0.2, -0.15) is 0 Å². The Balaban J connectivity index is 2.08. The molecule has 5 nitrogen and oxygen atoms in total. The molecule has 1 rings (SSSR count). The number of carbonyl (C=O) groups excluding carboxylic acids is 2. The van der Waals surface area contributed by atoms with Crippen LogP contribution in [0, 0.1) is 5.92 Å². The zero-order valence-electron chi connectivity index (χ0n) is 11.0. The van der Waals surface area contributed by atoms with E-state index in [9.17, 15) is 14.7 Å². The molecule has 0 saturated heterocycles. The normalized spacial score (nSPS) is 23.4. The highest BCUT2D eigenvalue weighted by Crippen LogP contribution is 2.23. The smallest absolute Gasteiger partial charge is 0.306 e. The zero-order valence-corrected chi connectivity index (χ0v) is 11.0. The maximum absolute atomic E-state index is 11.5. The van der Waals surface area contributed by atoms with Crippen LogP contribution in [0.25, 0.3) is 0 Å². The minimum atomic E-state index is -0.326. The van der Waals surface area contributed by atoms with E-state index >= 15 is 0 Å². The molecule has 0 heterocycles. The van der Waals surface area contributed by atoms with Crippen molar-refractivity contribution in [1.82, 2.24) is 5.32 Å². The highest BCUT2D eigenvalue weighted by molar-refractivity contribution is 5.81. The summed E-state index contributed by atoms with van der Waals surface area (Å²) in [5.41, 5.74) is 0. The van der Waals surface area contributed by atoms with Crippen LogP contribution in [0.15, 0.2) is 0 Å². The Hall–Kier alpha value is -1.10. The molecule has 0 aromatic carbocycles. The van der Waals surface area contributed by atoms with Crippen LogP contribution >= 0.6 is 0 Å². The molecule has 0 spiro atoms. The molecule has 0 unspecified atom stereocenters. The van der Waals surface area contributed by atoms with E-state index in [1.54, 1.807) is 6.92 Å². The van der Waals surface area contributed by atoms with Crippen molar-refractivity contribution in [3.63, 3.8) is 0 Å². The van der Waals surface area contributed by atoms with Gasteiger partial charge in [-0.1, -0.05) is 0 Å². The lowest BCUT2D eigenvalue weighted by molar-refractivity contribution is -0.144. The van der Waals surface area contributed by atoms with Crippen molar-refractivity contribution >= 4 is 11.9 Å². The molecule has 0 atom stereocenters. The third kappa shape index (κ3) is 6.00. The van der Waals surface area contributed by atoms with Gasteiger partial charge in [0.1, 0.15) is 0 Å². The number of ether oxygens (including phenoxy) is 1. The molecule has 2 N–H and O–H groups in total. The quantitative estimate of drug-likeness (QED) is 0.696. The second-order valence-electron chi connectivity index (χ2n) is 4.78. The first kappa shape index (κ1) is 15.0. The van der Waals surface area contributed by atoms with Crippen molar-refractivity contribution in [2.45, 2.75) is 51.6 Å². The van der Waals surface area contributed by atoms with Crippen LogP contribution in [0.2, 0.25) is 0 Å². The number of nitrogens with one attached hydrogen (secondary N) is 1. The number of aliphatic hydroxyl groups is 1. The number of amides is 1. The van der Waals surface area contributed by atoms with Crippen LogP contribution in [-0.4, -0.2) is 36.2 Å². The van der Waals surface area contributed by atoms with Crippen LogP contribution < -0.4 is 5.32 Å². The van der Waals surface area contributed by atoms with Crippen molar-refractivity contribution in [2.24, 2.45) is 5.92 Å². The number of esters is 1. The first-order chi connectivity index (χ1) is 8.61. The summed E-state index contributed by atoms with van der Waals surface area (Å²) in [5, 5.41) is 12.2. The molecule has 1 amide bonds. The van der Waals surface area contributed by atoms with E-state index in [1.165, 1.54) is 0 Å². The Kier molecular flexibility index (Phi) is 6.72. The zero-order chi connectivity index (χ0) is 13.4. The average molecular weight is 257 g/mol. The Morgan fingerprint density at radius 1 is 1.22 bits per heavy atom. The maximum atomic E-state index is 11.5. The van der Waals surface area contributed by atoms with Crippen LogP contribution in [-0.2, 0) is 14.3 Å². The summed E-state index contributed by atoms with van der Waals surface area (Å²) in [5.74, 6) is 0.0301. The second-order valence-corrected chi connectivity index (χ2v) is 4.78. The lowest BCUT2D eigenvalue weighted by atomic mass is 9.87. The highest BCUT2D eigenvalue weighted by atomic mass is 16.5. The van der Waals surface area contributed by atoms with Gasteiger partial charge in [-0.15, -0.1) is 0 Å². The van der Waals surface area contributed by atoms with Gasteiger partial charge in [-0.05, 0) is 38.5 Å². The third-order valence-corrected chi connectivity index (χ3v) is 3.27. The predicted octanol–water partition coefficient (Wildman–Crippen LogP) is 0.997. The summed E-state index contributed by atoms with van der Waals surface area (Å²) >= 11 is 0. The fourth-order valence-electron chi connectivity index (χ4n) is 2.14. The molecule has 0 aliphatic heterocycles. The minimum Gasteiger partial charge on any atom is -0.466 e. The van der Waals surface area contributed by atoms with Crippen molar-refractivity contribution in [3.8, 4) is 0 Å². The monoisotopic (exact) mass is 257 g/mol. The van der Waals surface area contributed by atoms with Crippen molar-refractivity contribution in [2.75, 3.05) is 13.2 Å². The number of aliphatic hydroxyl groups excluding tert-OH is 1. The Bertz CT molecular complexity index is 272. The maximum Gasteiger partial charge on any atom is 0.306 e. The molecule has 104 valence electrons. The standard InChI is InChI=1S/C13H23NO4/c1-2-18-13(17)8-7-12(16)14-9-10-3-5-11(15)6-4-10/h10-11,15H,2-9H2,1H3,(H,14,16). The molecule has 0 aromatic heterocycles. The highest BCUT2D eigenvalue weighted by Gasteiger charge is 2.19. The van der Waals surface area contributed by atoms with Gasteiger partial charge in [-0.3, -0.25) is 9.59 Å². The van der Waals surface area contributed by atoms with Gasteiger partial charge in [0.25, 0.3) is 0 Å². The van der Waals surface area contributed by atoms with E-state index in [0.717, 1.165) is 25.7 Å². The van der Waals surface area contributed by atoms with Gasteiger partial charge in [0.15, 0.2) is 0 Å². The Morgan fingerprint density at radius 3 is 2.50 bits per heavy atom. The van der Waals surface area contributed by atoms with Crippen molar-refractivity contribution in [3.05, 3.63) is 0 Å². The van der Waals surface area contributed by atoms with Crippen LogP contribution in [0.3, 0.4) is 0 Å². The molecule has 18 heavy (non-hydrogen) atoms. The number of carbonyl (C=O) groups is 2. The molecule has 0 radical (unpaired) electrons. The molecular formula is C13H23NO4. The Morgan fingerprint density at radius 2 is 1.89 bits per heavy atom. The van der Waals surface area contributed by atoms with Gasteiger partial charge < -0.3 is 15.2 Å². The molecule has 1 fully saturated rings. The summed E-state index contributed by atoms with van der Waals surface area (Å²) < 4.78 is 4.75. The first-order valence-electron chi connectivity index (χ1n) is 6.72. The molecule has 1 aliphatic carbocycles. The van der Waals surface area contributed by atoms with E-state index in [4.69, 9.17) is 4.74 Å².